The second-order valence-electron chi connectivity index (χ2n) is 5.34. The highest BCUT2D eigenvalue weighted by atomic mass is 79.9. The van der Waals surface area contributed by atoms with Gasteiger partial charge in [0.1, 0.15) is 6.07 Å². The first-order valence-electron chi connectivity index (χ1n) is 6.56. The molecule has 0 atom stereocenters. The fourth-order valence-corrected chi connectivity index (χ4v) is 3.02. The van der Waals surface area contributed by atoms with Crippen LogP contribution in [0, 0.1) is 23.2 Å². The monoisotopic (exact) mass is 306 g/mol. The lowest BCUT2D eigenvalue weighted by atomic mass is 9.86. The molecule has 1 aliphatic rings. The van der Waals surface area contributed by atoms with Gasteiger partial charge in [-0.25, -0.2) is 0 Å². The van der Waals surface area contributed by atoms with Gasteiger partial charge in [-0.2, -0.15) is 5.26 Å². The van der Waals surface area contributed by atoms with Gasteiger partial charge in [0.2, 0.25) is 0 Å². The van der Waals surface area contributed by atoms with Gasteiger partial charge in [-0.1, -0.05) is 29.8 Å². The maximum Gasteiger partial charge on any atom is 0.101 e. The van der Waals surface area contributed by atoms with E-state index in [2.05, 4.69) is 46.8 Å². The SMILES string of the molecule is CC(C)C1CCN(c2cc(Br)ccc2C#N)CC1. The van der Waals surface area contributed by atoms with Crippen molar-refractivity contribution in [1.29, 1.82) is 5.26 Å². The summed E-state index contributed by atoms with van der Waals surface area (Å²) < 4.78 is 1.04. The van der Waals surface area contributed by atoms with Gasteiger partial charge in [0.05, 0.1) is 11.3 Å². The van der Waals surface area contributed by atoms with E-state index >= 15 is 0 Å². The summed E-state index contributed by atoms with van der Waals surface area (Å²) in [7, 11) is 0. The summed E-state index contributed by atoms with van der Waals surface area (Å²) in [6, 6.07) is 8.19. The molecule has 0 aromatic heterocycles. The van der Waals surface area contributed by atoms with Gasteiger partial charge in [-0.3, -0.25) is 0 Å². The number of nitrogens with zero attached hydrogens (tertiary/aromatic N) is 2. The van der Waals surface area contributed by atoms with E-state index in [0.29, 0.717) is 0 Å². The number of hydrogen-bond donors (Lipinski definition) is 0. The third-order valence-corrected chi connectivity index (χ3v) is 4.40. The summed E-state index contributed by atoms with van der Waals surface area (Å²) in [5.74, 6) is 1.60. The Hall–Kier alpha value is -1.01. The molecular weight excluding hydrogens is 288 g/mol. The third-order valence-electron chi connectivity index (χ3n) is 3.90. The van der Waals surface area contributed by atoms with Gasteiger partial charge in [0.25, 0.3) is 0 Å². The molecule has 1 saturated heterocycles. The molecule has 1 aromatic carbocycles. The quantitative estimate of drug-likeness (QED) is 0.819. The highest BCUT2D eigenvalue weighted by Crippen LogP contribution is 2.31. The molecule has 1 aliphatic heterocycles. The molecule has 0 unspecified atom stereocenters. The van der Waals surface area contributed by atoms with E-state index in [9.17, 15) is 5.26 Å². The highest BCUT2D eigenvalue weighted by Gasteiger charge is 2.23. The van der Waals surface area contributed by atoms with Gasteiger partial charge < -0.3 is 4.90 Å². The van der Waals surface area contributed by atoms with Crippen LogP contribution in [0.15, 0.2) is 22.7 Å². The molecule has 2 nitrogen and oxygen atoms in total. The molecule has 0 radical (unpaired) electrons. The van der Waals surface area contributed by atoms with E-state index < -0.39 is 0 Å². The van der Waals surface area contributed by atoms with Crippen LogP contribution in [0.5, 0.6) is 0 Å². The highest BCUT2D eigenvalue weighted by molar-refractivity contribution is 9.10. The number of nitriles is 1. The van der Waals surface area contributed by atoms with E-state index in [1.807, 2.05) is 12.1 Å². The number of benzene rings is 1. The molecule has 18 heavy (non-hydrogen) atoms. The standard InChI is InChI=1S/C15H19BrN2/c1-11(2)12-5-7-18(8-6-12)15-9-14(16)4-3-13(15)10-17/h3-4,9,11-12H,5-8H2,1-2H3. The summed E-state index contributed by atoms with van der Waals surface area (Å²) in [5.41, 5.74) is 1.86. The molecule has 0 bridgehead atoms. The minimum Gasteiger partial charge on any atom is -0.370 e. The Morgan fingerprint density at radius 2 is 2.00 bits per heavy atom. The van der Waals surface area contributed by atoms with Crippen LogP contribution in [0.2, 0.25) is 0 Å². The number of hydrogen-bond acceptors (Lipinski definition) is 2. The number of piperidine rings is 1. The Kier molecular flexibility index (Phi) is 4.29. The smallest absolute Gasteiger partial charge is 0.101 e. The van der Waals surface area contributed by atoms with Crippen molar-refractivity contribution < 1.29 is 0 Å². The topological polar surface area (TPSA) is 27.0 Å². The largest absolute Gasteiger partial charge is 0.370 e. The van der Waals surface area contributed by atoms with Gasteiger partial charge in [-0.15, -0.1) is 0 Å². The lowest BCUT2D eigenvalue weighted by Gasteiger charge is -2.35. The molecule has 0 spiro atoms. The number of anilines is 1. The first-order chi connectivity index (χ1) is 8.61. The van der Waals surface area contributed by atoms with Crippen molar-refractivity contribution in [2.75, 3.05) is 18.0 Å². The summed E-state index contributed by atoms with van der Waals surface area (Å²) in [6.07, 6.45) is 2.46. The minimum atomic E-state index is 0.769. The van der Waals surface area contributed by atoms with E-state index in [4.69, 9.17) is 0 Å². The molecule has 2 rings (SSSR count). The number of rotatable bonds is 2. The maximum absolute atomic E-state index is 9.19. The van der Waals surface area contributed by atoms with Crippen molar-refractivity contribution in [3.63, 3.8) is 0 Å². The van der Waals surface area contributed by atoms with Crippen molar-refractivity contribution in [1.82, 2.24) is 0 Å². The lowest BCUT2D eigenvalue weighted by Crippen LogP contribution is -2.35. The summed E-state index contributed by atoms with van der Waals surface area (Å²) in [5, 5.41) is 9.19. The average molecular weight is 307 g/mol. The van der Waals surface area contributed by atoms with Crippen LogP contribution in [-0.4, -0.2) is 13.1 Å². The summed E-state index contributed by atoms with van der Waals surface area (Å²) in [6.45, 7) is 6.74. The van der Waals surface area contributed by atoms with E-state index in [1.54, 1.807) is 0 Å². The molecule has 3 heteroatoms. The third kappa shape index (κ3) is 2.87. The van der Waals surface area contributed by atoms with Crippen LogP contribution in [-0.2, 0) is 0 Å². The zero-order chi connectivity index (χ0) is 13.1. The number of halogens is 1. The Balaban J connectivity index is 2.14. The molecule has 96 valence electrons. The van der Waals surface area contributed by atoms with Crippen molar-refractivity contribution in [3.8, 4) is 6.07 Å². The predicted octanol–water partition coefficient (Wildman–Crippen LogP) is 4.19. The second-order valence-corrected chi connectivity index (χ2v) is 6.26. The Morgan fingerprint density at radius 3 is 2.56 bits per heavy atom. The van der Waals surface area contributed by atoms with Crippen molar-refractivity contribution in [2.45, 2.75) is 26.7 Å². The normalized spacial score (nSPS) is 16.9. The Labute approximate surface area is 118 Å². The van der Waals surface area contributed by atoms with E-state index in [0.717, 1.165) is 40.6 Å². The second kappa shape index (κ2) is 5.75. The Morgan fingerprint density at radius 1 is 1.33 bits per heavy atom. The fourth-order valence-electron chi connectivity index (χ4n) is 2.67. The Bertz CT molecular complexity index is 454. The molecule has 0 amide bonds. The van der Waals surface area contributed by atoms with Crippen LogP contribution < -0.4 is 4.90 Å². The first-order valence-corrected chi connectivity index (χ1v) is 7.35. The first kappa shape index (κ1) is 13.4. The lowest BCUT2D eigenvalue weighted by molar-refractivity contribution is 0.311. The molecule has 0 aliphatic carbocycles. The zero-order valence-corrected chi connectivity index (χ0v) is 12.6. The van der Waals surface area contributed by atoms with Crippen LogP contribution in [0.25, 0.3) is 0 Å². The van der Waals surface area contributed by atoms with Crippen LogP contribution in [0.1, 0.15) is 32.3 Å². The van der Waals surface area contributed by atoms with Gasteiger partial charge in [0, 0.05) is 17.6 Å². The van der Waals surface area contributed by atoms with E-state index in [-0.39, 0.29) is 0 Å². The maximum atomic E-state index is 9.19. The average Bonchev–Trinajstić information content (AvgIpc) is 2.39. The molecule has 0 N–H and O–H groups in total. The molecule has 0 saturated carbocycles. The van der Waals surface area contributed by atoms with Crippen LogP contribution in [0.3, 0.4) is 0 Å². The van der Waals surface area contributed by atoms with Crippen LogP contribution >= 0.6 is 15.9 Å². The zero-order valence-electron chi connectivity index (χ0n) is 11.0. The van der Waals surface area contributed by atoms with Crippen LogP contribution in [0.4, 0.5) is 5.69 Å². The summed E-state index contributed by atoms with van der Waals surface area (Å²) >= 11 is 3.49. The van der Waals surface area contributed by atoms with Gasteiger partial charge in [-0.05, 0) is 42.9 Å². The van der Waals surface area contributed by atoms with Crippen molar-refractivity contribution in [3.05, 3.63) is 28.2 Å². The molecular formula is C15H19BrN2. The fraction of sp³-hybridized carbons (Fsp3) is 0.533. The molecule has 1 heterocycles. The molecule has 1 aromatic rings. The minimum absolute atomic E-state index is 0.769. The van der Waals surface area contributed by atoms with Crippen molar-refractivity contribution in [2.24, 2.45) is 11.8 Å². The summed E-state index contributed by atoms with van der Waals surface area (Å²) in [4.78, 5) is 2.35. The van der Waals surface area contributed by atoms with Gasteiger partial charge >= 0.3 is 0 Å². The van der Waals surface area contributed by atoms with Gasteiger partial charge in [0.15, 0.2) is 0 Å². The van der Waals surface area contributed by atoms with Crippen molar-refractivity contribution >= 4 is 21.6 Å². The molecule has 1 fully saturated rings. The van der Waals surface area contributed by atoms with E-state index in [1.165, 1.54) is 12.8 Å². The predicted molar refractivity (Wildman–Crippen MR) is 78.6 cm³/mol.